The second kappa shape index (κ2) is 8.81. The molecule has 0 bridgehead atoms. The van der Waals surface area contributed by atoms with E-state index < -0.39 is 5.97 Å². The normalized spacial score (nSPS) is 10.8. The van der Waals surface area contributed by atoms with Crippen molar-refractivity contribution in [1.82, 2.24) is 9.97 Å². The highest BCUT2D eigenvalue weighted by atomic mass is 79.9. The highest BCUT2D eigenvalue weighted by Gasteiger charge is 2.24. The second-order valence-corrected chi connectivity index (χ2v) is 7.63. The predicted molar refractivity (Wildman–Crippen MR) is 120 cm³/mol. The van der Waals surface area contributed by atoms with Gasteiger partial charge in [-0.3, -0.25) is 4.98 Å². The average molecular weight is 484 g/mol. The molecule has 0 unspecified atom stereocenters. The van der Waals surface area contributed by atoms with Gasteiger partial charge in [-0.2, -0.15) is 0 Å². The Bertz CT molecular complexity index is 1230. The van der Waals surface area contributed by atoms with Gasteiger partial charge < -0.3 is 9.47 Å². The minimum atomic E-state index is -0.601. The molecule has 0 fully saturated rings. The topological polar surface area (TPSA) is 61.3 Å². The van der Waals surface area contributed by atoms with E-state index in [0.29, 0.717) is 15.1 Å². The van der Waals surface area contributed by atoms with Gasteiger partial charge in [0.05, 0.1) is 7.11 Å². The van der Waals surface area contributed by atoms with Gasteiger partial charge in [0.25, 0.3) is 0 Å². The Morgan fingerprint density at radius 2 is 1.90 bits per heavy atom. The third kappa shape index (κ3) is 4.01. The summed E-state index contributed by atoms with van der Waals surface area (Å²) in [5.41, 5.74) is 3.28. The molecule has 5 nitrogen and oxygen atoms in total. The van der Waals surface area contributed by atoms with Crippen molar-refractivity contribution in [3.05, 3.63) is 87.7 Å². The monoisotopic (exact) mass is 482 g/mol. The summed E-state index contributed by atoms with van der Waals surface area (Å²) in [6.45, 7) is 0.256. The highest BCUT2D eigenvalue weighted by Crippen LogP contribution is 2.39. The lowest BCUT2D eigenvalue weighted by Crippen LogP contribution is -2.10. The van der Waals surface area contributed by atoms with E-state index in [2.05, 4.69) is 25.9 Å². The highest BCUT2D eigenvalue weighted by molar-refractivity contribution is 9.10. The van der Waals surface area contributed by atoms with Gasteiger partial charge in [-0.15, -0.1) is 0 Å². The molecule has 7 heteroatoms. The summed E-state index contributed by atoms with van der Waals surface area (Å²) in [4.78, 5) is 21.4. The van der Waals surface area contributed by atoms with Crippen LogP contribution in [-0.4, -0.2) is 23.0 Å². The van der Waals surface area contributed by atoms with Crippen LogP contribution in [0.5, 0.6) is 5.75 Å². The Morgan fingerprint density at radius 3 is 2.63 bits per heavy atom. The first-order valence-corrected chi connectivity index (χ1v) is 10.2. The Balaban J connectivity index is 1.92. The number of halogens is 2. The van der Waals surface area contributed by atoms with Crippen LogP contribution in [0.15, 0.2) is 71.5 Å². The molecule has 4 rings (SSSR count). The van der Waals surface area contributed by atoms with Crippen molar-refractivity contribution in [3.8, 4) is 16.9 Å². The quantitative estimate of drug-likeness (QED) is 0.254. The van der Waals surface area contributed by atoms with E-state index in [1.807, 2.05) is 60.7 Å². The summed E-state index contributed by atoms with van der Waals surface area (Å²) in [5.74, 6) is -0.330. The summed E-state index contributed by atoms with van der Waals surface area (Å²) in [6, 6.07) is 19.0. The Labute approximate surface area is 186 Å². The van der Waals surface area contributed by atoms with Crippen molar-refractivity contribution >= 4 is 44.4 Å². The average Bonchev–Trinajstić information content (AvgIpc) is 2.78. The van der Waals surface area contributed by atoms with E-state index in [-0.39, 0.29) is 18.1 Å². The molecule has 30 heavy (non-hydrogen) atoms. The number of fused-ring (bicyclic) bond motifs is 1. The Morgan fingerprint density at radius 1 is 1.10 bits per heavy atom. The van der Waals surface area contributed by atoms with Gasteiger partial charge in [-0.1, -0.05) is 54.1 Å². The number of benzene rings is 2. The molecule has 2 heterocycles. The second-order valence-electron chi connectivity index (χ2n) is 6.44. The molecule has 0 radical (unpaired) electrons. The van der Waals surface area contributed by atoms with E-state index >= 15 is 0 Å². The molecule has 0 aliphatic rings. The van der Waals surface area contributed by atoms with Crippen molar-refractivity contribution < 1.29 is 14.3 Å². The first-order valence-electron chi connectivity index (χ1n) is 9.07. The maximum atomic E-state index is 12.4. The Kier molecular flexibility index (Phi) is 5.97. The molecule has 0 N–H and O–H groups in total. The van der Waals surface area contributed by atoms with Crippen LogP contribution in [-0.2, 0) is 11.3 Å². The van der Waals surface area contributed by atoms with Crippen molar-refractivity contribution in [2.45, 2.75) is 6.61 Å². The maximum Gasteiger partial charge on any atom is 0.360 e. The van der Waals surface area contributed by atoms with E-state index in [1.54, 1.807) is 6.20 Å². The summed E-state index contributed by atoms with van der Waals surface area (Å²) in [6.07, 6.45) is 1.67. The zero-order valence-electron chi connectivity index (χ0n) is 15.9. The number of carbonyl (C=O) groups excluding carboxylic acids is 1. The van der Waals surface area contributed by atoms with Gasteiger partial charge in [-0.25, -0.2) is 9.78 Å². The molecule has 0 aliphatic heterocycles. The molecule has 0 atom stereocenters. The largest absolute Gasteiger partial charge is 0.484 e. The molecule has 0 amide bonds. The predicted octanol–water partition coefficient (Wildman–Crippen LogP) is 6.08. The van der Waals surface area contributed by atoms with Crippen molar-refractivity contribution in [1.29, 1.82) is 0 Å². The number of aromatic nitrogens is 2. The number of carbonyl (C=O) groups is 1. The van der Waals surface area contributed by atoms with Crippen LogP contribution in [0.3, 0.4) is 0 Å². The molecular formula is C23H16BrClN2O3. The van der Waals surface area contributed by atoms with Crippen LogP contribution in [0.4, 0.5) is 0 Å². The van der Waals surface area contributed by atoms with E-state index in [9.17, 15) is 4.79 Å². The minimum Gasteiger partial charge on any atom is -0.484 e. The van der Waals surface area contributed by atoms with Crippen molar-refractivity contribution in [2.75, 3.05) is 7.11 Å². The summed E-state index contributed by atoms with van der Waals surface area (Å²) >= 11 is 9.69. The number of methoxy groups -OCH3 is 1. The zero-order valence-corrected chi connectivity index (χ0v) is 18.3. The van der Waals surface area contributed by atoms with Crippen LogP contribution in [0.1, 0.15) is 16.1 Å². The maximum absolute atomic E-state index is 12.4. The first-order chi connectivity index (χ1) is 14.6. The first kappa shape index (κ1) is 20.3. The molecular weight excluding hydrogens is 468 g/mol. The van der Waals surface area contributed by atoms with E-state index in [0.717, 1.165) is 22.1 Å². The lowest BCUT2D eigenvalue weighted by atomic mass is 10.0. The van der Waals surface area contributed by atoms with E-state index in [4.69, 9.17) is 21.1 Å². The van der Waals surface area contributed by atoms with Crippen molar-refractivity contribution in [2.24, 2.45) is 0 Å². The summed E-state index contributed by atoms with van der Waals surface area (Å²) in [5, 5.41) is 1.34. The number of esters is 1. The standard InChI is InChI=1S/C23H16BrClN2O3/c1-29-23(28)20-21(30-13-14-6-3-2-4-7-14)19-18(22(24)27-20)17(10-11-26-19)15-8-5-9-16(25)12-15/h2-12H,13H2,1H3. The molecule has 0 aliphatic carbocycles. The van der Waals surface area contributed by atoms with Gasteiger partial charge in [-0.05, 0) is 50.8 Å². The van der Waals surface area contributed by atoms with Gasteiger partial charge in [0, 0.05) is 16.6 Å². The number of pyridine rings is 2. The van der Waals surface area contributed by atoms with Crippen LogP contribution in [0, 0.1) is 0 Å². The number of hydrogen-bond donors (Lipinski definition) is 0. The fourth-order valence-corrected chi connectivity index (χ4v) is 3.93. The third-order valence-electron chi connectivity index (χ3n) is 4.54. The molecule has 2 aromatic heterocycles. The smallest absolute Gasteiger partial charge is 0.360 e. The minimum absolute atomic E-state index is 0.0588. The fraction of sp³-hybridized carbons (Fsp3) is 0.0870. The molecule has 0 saturated carbocycles. The number of hydrogen-bond acceptors (Lipinski definition) is 5. The van der Waals surface area contributed by atoms with Gasteiger partial charge in [0.2, 0.25) is 0 Å². The number of rotatable bonds is 5. The van der Waals surface area contributed by atoms with Gasteiger partial charge in [0.1, 0.15) is 16.7 Å². The molecule has 2 aromatic carbocycles. The van der Waals surface area contributed by atoms with E-state index in [1.165, 1.54) is 7.11 Å². The fourth-order valence-electron chi connectivity index (χ4n) is 3.16. The summed E-state index contributed by atoms with van der Waals surface area (Å²) in [7, 11) is 1.30. The van der Waals surface area contributed by atoms with Crippen molar-refractivity contribution in [3.63, 3.8) is 0 Å². The SMILES string of the molecule is COC(=O)c1nc(Br)c2c(-c3cccc(Cl)c3)ccnc2c1OCc1ccccc1. The third-order valence-corrected chi connectivity index (χ3v) is 5.35. The lowest BCUT2D eigenvalue weighted by Gasteiger charge is -2.15. The molecule has 150 valence electrons. The summed E-state index contributed by atoms with van der Waals surface area (Å²) < 4.78 is 11.4. The van der Waals surface area contributed by atoms with Crippen LogP contribution in [0.25, 0.3) is 22.0 Å². The number of nitrogens with zero attached hydrogens (tertiary/aromatic N) is 2. The zero-order chi connectivity index (χ0) is 21.1. The molecule has 0 spiro atoms. The number of ether oxygens (including phenoxy) is 2. The van der Waals surface area contributed by atoms with Crippen LogP contribution < -0.4 is 4.74 Å². The van der Waals surface area contributed by atoms with Crippen LogP contribution >= 0.6 is 27.5 Å². The van der Waals surface area contributed by atoms with Gasteiger partial charge >= 0.3 is 5.97 Å². The van der Waals surface area contributed by atoms with Gasteiger partial charge in [0.15, 0.2) is 11.4 Å². The van der Waals surface area contributed by atoms with Crippen LogP contribution in [0.2, 0.25) is 5.02 Å². The molecule has 4 aromatic rings. The Hall–Kier alpha value is -2.96. The molecule has 0 saturated heterocycles. The lowest BCUT2D eigenvalue weighted by molar-refractivity contribution is 0.0588.